The highest BCUT2D eigenvalue weighted by atomic mass is 16.5. The van der Waals surface area contributed by atoms with Gasteiger partial charge in [-0.15, -0.1) is 0 Å². The van der Waals surface area contributed by atoms with Crippen molar-refractivity contribution in [3.05, 3.63) is 23.8 Å². The number of rotatable bonds is 2. The smallest absolute Gasteiger partial charge is 0.257 e. The summed E-state index contributed by atoms with van der Waals surface area (Å²) in [7, 11) is 1.45. The summed E-state index contributed by atoms with van der Waals surface area (Å²) in [5, 5.41) is 9.79. The second-order valence-corrected chi connectivity index (χ2v) is 3.83. The molecule has 3 N–H and O–H groups in total. The van der Waals surface area contributed by atoms with Gasteiger partial charge in [0.25, 0.3) is 5.91 Å². The van der Waals surface area contributed by atoms with Gasteiger partial charge in [0, 0.05) is 19.1 Å². The van der Waals surface area contributed by atoms with Gasteiger partial charge in [0.1, 0.15) is 0 Å². The standard InChI is InChI=1S/C11H14N2O3/c1-16-9-4-2-3-8(10(9)14)11(15)13-5-7(12)6-13/h2-4,7,14H,5-6,12H2,1H3. The van der Waals surface area contributed by atoms with Crippen molar-refractivity contribution in [1.82, 2.24) is 4.90 Å². The molecule has 1 aromatic carbocycles. The number of para-hydroxylation sites is 1. The molecule has 1 heterocycles. The Morgan fingerprint density at radius 3 is 2.81 bits per heavy atom. The Morgan fingerprint density at radius 2 is 2.25 bits per heavy atom. The van der Waals surface area contributed by atoms with Crippen molar-refractivity contribution >= 4 is 5.91 Å². The van der Waals surface area contributed by atoms with Crippen LogP contribution in [0.4, 0.5) is 0 Å². The molecule has 0 atom stereocenters. The molecule has 0 radical (unpaired) electrons. The van der Waals surface area contributed by atoms with Crippen LogP contribution in [-0.2, 0) is 0 Å². The van der Waals surface area contributed by atoms with E-state index in [0.717, 1.165) is 0 Å². The molecule has 2 rings (SSSR count). The average Bonchev–Trinajstić information content (AvgIpc) is 2.24. The van der Waals surface area contributed by atoms with Gasteiger partial charge < -0.3 is 20.5 Å². The molecule has 16 heavy (non-hydrogen) atoms. The predicted octanol–water partition coefficient (Wildman–Crippen LogP) is 0.184. The fourth-order valence-corrected chi connectivity index (χ4v) is 1.71. The summed E-state index contributed by atoms with van der Waals surface area (Å²) in [6.07, 6.45) is 0. The normalized spacial score (nSPS) is 15.8. The topological polar surface area (TPSA) is 75.8 Å². The van der Waals surface area contributed by atoms with Gasteiger partial charge in [-0.25, -0.2) is 0 Å². The van der Waals surface area contributed by atoms with E-state index in [-0.39, 0.29) is 23.3 Å². The minimum absolute atomic E-state index is 0.0525. The number of phenolic OH excluding ortho intramolecular Hbond substituents is 1. The fraction of sp³-hybridized carbons (Fsp3) is 0.364. The zero-order valence-electron chi connectivity index (χ0n) is 9.01. The van der Waals surface area contributed by atoms with E-state index in [1.165, 1.54) is 7.11 Å². The molecule has 0 aliphatic carbocycles. The lowest BCUT2D eigenvalue weighted by Crippen LogP contribution is -2.57. The summed E-state index contributed by atoms with van der Waals surface area (Å²) in [4.78, 5) is 13.5. The summed E-state index contributed by atoms with van der Waals surface area (Å²) in [6.45, 7) is 1.07. The van der Waals surface area contributed by atoms with Crippen molar-refractivity contribution in [3.63, 3.8) is 0 Å². The fourth-order valence-electron chi connectivity index (χ4n) is 1.71. The van der Waals surface area contributed by atoms with Gasteiger partial charge in [-0.3, -0.25) is 4.79 Å². The van der Waals surface area contributed by atoms with Crippen LogP contribution in [0.25, 0.3) is 0 Å². The summed E-state index contributed by atoms with van der Waals surface area (Å²) >= 11 is 0. The van der Waals surface area contributed by atoms with Gasteiger partial charge in [0.05, 0.1) is 12.7 Å². The lowest BCUT2D eigenvalue weighted by atomic mass is 10.1. The van der Waals surface area contributed by atoms with Crippen LogP contribution in [0.5, 0.6) is 11.5 Å². The number of hydrogen-bond acceptors (Lipinski definition) is 4. The highest BCUT2D eigenvalue weighted by molar-refractivity contribution is 5.98. The number of nitrogens with zero attached hydrogens (tertiary/aromatic N) is 1. The maximum atomic E-state index is 11.9. The zero-order chi connectivity index (χ0) is 11.7. The highest BCUT2D eigenvalue weighted by Gasteiger charge is 2.30. The lowest BCUT2D eigenvalue weighted by Gasteiger charge is -2.36. The minimum atomic E-state index is -0.210. The third-order valence-corrected chi connectivity index (χ3v) is 2.65. The Morgan fingerprint density at radius 1 is 1.56 bits per heavy atom. The first kappa shape index (κ1) is 10.8. The van der Waals surface area contributed by atoms with E-state index in [1.807, 2.05) is 0 Å². The van der Waals surface area contributed by atoms with E-state index >= 15 is 0 Å². The minimum Gasteiger partial charge on any atom is -0.504 e. The van der Waals surface area contributed by atoms with E-state index in [2.05, 4.69) is 0 Å². The van der Waals surface area contributed by atoms with Crippen molar-refractivity contribution in [3.8, 4) is 11.5 Å². The van der Waals surface area contributed by atoms with Crippen LogP contribution in [0.3, 0.4) is 0 Å². The Bertz CT molecular complexity index is 414. The number of carbonyl (C=O) groups is 1. The summed E-state index contributed by atoms with van der Waals surface area (Å²) < 4.78 is 4.94. The molecule has 86 valence electrons. The van der Waals surface area contributed by atoms with E-state index in [4.69, 9.17) is 10.5 Å². The molecule has 1 amide bonds. The highest BCUT2D eigenvalue weighted by Crippen LogP contribution is 2.30. The Kier molecular flexibility index (Phi) is 2.70. The zero-order valence-corrected chi connectivity index (χ0v) is 9.01. The van der Waals surface area contributed by atoms with Gasteiger partial charge in [-0.2, -0.15) is 0 Å². The number of hydrogen-bond donors (Lipinski definition) is 2. The SMILES string of the molecule is COc1cccc(C(=O)N2CC(N)C2)c1O. The molecule has 0 unspecified atom stereocenters. The van der Waals surface area contributed by atoms with Crippen LogP contribution in [-0.4, -0.2) is 42.2 Å². The maximum absolute atomic E-state index is 11.9. The first-order valence-electron chi connectivity index (χ1n) is 5.04. The number of aromatic hydroxyl groups is 1. The van der Waals surface area contributed by atoms with Crippen molar-refractivity contribution < 1.29 is 14.6 Å². The maximum Gasteiger partial charge on any atom is 0.257 e. The Balaban J connectivity index is 2.23. The predicted molar refractivity (Wildman–Crippen MR) is 58.5 cm³/mol. The monoisotopic (exact) mass is 222 g/mol. The van der Waals surface area contributed by atoms with Crippen LogP contribution >= 0.6 is 0 Å². The van der Waals surface area contributed by atoms with Gasteiger partial charge >= 0.3 is 0 Å². The molecular formula is C11H14N2O3. The molecule has 1 fully saturated rings. The van der Waals surface area contributed by atoms with E-state index < -0.39 is 0 Å². The Hall–Kier alpha value is -1.75. The van der Waals surface area contributed by atoms with Crippen molar-refractivity contribution in [2.24, 2.45) is 5.73 Å². The molecule has 5 heteroatoms. The third-order valence-electron chi connectivity index (χ3n) is 2.65. The van der Waals surface area contributed by atoms with Crippen LogP contribution in [0.1, 0.15) is 10.4 Å². The van der Waals surface area contributed by atoms with E-state index in [9.17, 15) is 9.90 Å². The molecule has 1 aliphatic heterocycles. The molecule has 0 bridgehead atoms. The van der Waals surface area contributed by atoms with Crippen molar-refractivity contribution in [2.75, 3.05) is 20.2 Å². The summed E-state index contributed by atoms with van der Waals surface area (Å²) in [5.74, 6) is -0.0238. The number of ether oxygens (including phenoxy) is 1. The molecule has 0 spiro atoms. The largest absolute Gasteiger partial charge is 0.504 e. The lowest BCUT2D eigenvalue weighted by molar-refractivity contribution is 0.0604. The second kappa shape index (κ2) is 4.02. The second-order valence-electron chi connectivity index (χ2n) is 3.83. The molecular weight excluding hydrogens is 208 g/mol. The van der Waals surface area contributed by atoms with Crippen LogP contribution in [0.2, 0.25) is 0 Å². The molecule has 1 aromatic rings. The summed E-state index contributed by atoms with van der Waals surface area (Å²) in [6, 6.07) is 4.90. The first-order chi connectivity index (χ1) is 7.63. The number of methoxy groups -OCH3 is 1. The third kappa shape index (κ3) is 1.69. The van der Waals surface area contributed by atoms with Crippen molar-refractivity contribution in [2.45, 2.75) is 6.04 Å². The Labute approximate surface area is 93.4 Å². The number of likely N-dealkylation sites (tertiary alicyclic amines) is 1. The molecule has 0 aromatic heterocycles. The van der Waals surface area contributed by atoms with Crippen LogP contribution < -0.4 is 10.5 Å². The number of phenols is 1. The van der Waals surface area contributed by atoms with E-state index in [1.54, 1.807) is 23.1 Å². The molecule has 0 saturated carbocycles. The summed E-state index contributed by atoms with van der Waals surface area (Å²) in [5.41, 5.74) is 5.85. The van der Waals surface area contributed by atoms with E-state index in [0.29, 0.717) is 18.8 Å². The van der Waals surface area contributed by atoms with Crippen LogP contribution in [0, 0.1) is 0 Å². The quantitative estimate of drug-likeness (QED) is 0.748. The number of carbonyl (C=O) groups excluding carboxylic acids is 1. The molecule has 1 aliphatic rings. The van der Waals surface area contributed by atoms with Gasteiger partial charge in [-0.1, -0.05) is 6.07 Å². The van der Waals surface area contributed by atoms with Crippen LogP contribution in [0.15, 0.2) is 18.2 Å². The van der Waals surface area contributed by atoms with Gasteiger partial charge in [0.2, 0.25) is 0 Å². The number of benzene rings is 1. The van der Waals surface area contributed by atoms with Gasteiger partial charge in [0.15, 0.2) is 11.5 Å². The number of amides is 1. The molecule has 5 nitrogen and oxygen atoms in total. The molecule has 1 saturated heterocycles. The average molecular weight is 222 g/mol. The van der Waals surface area contributed by atoms with Crippen molar-refractivity contribution in [1.29, 1.82) is 0 Å². The van der Waals surface area contributed by atoms with Gasteiger partial charge in [-0.05, 0) is 12.1 Å². The number of nitrogens with two attached hydrogens (primary N) is 1. The first-order valence-corrected chi connectivity index (χ1v) is 5.04.